The van der Waals surface area contributed by atoms with E-state index < -0.39 is 0 Å². The van der Waals surface area contributed by atoms with E-state index in [2.05, 4.69) is 41.6 Å². The Kier molecular flexibility index (Phi) is 1.42. The zero-order chi connectivity index (χ0) is 7.68. The van der Waals surface area contributed by atoms with Crippen LogP contribution in [0.5, 0.6) is 0 Å². The molecule has 0 fully saturated rings. The standard InChI is InChI=1S/C10H11N/c1-11-7-6-9-4-2-3-5-10(9)8-11/h3-8H,2H2,1H3. The maximum atomic E-state index is 2.25. The topological polar surface area (TPSA) is 3.24 Å². The Bertz CT molecular complexity index is 279. The molecule has 1 aliphatic heterocycles. The molecule has 0 saturated carbocycles. The molecule has 0 aromatic heterocycles. The summed E-state index contributed by atoms with van der Waals surface area (Å²) in [7, 11) is 2.04. The van der Waals surface area contributed by atoms with Crippen molar-refractivity contribution in [2.75, 3.05) is 7.05 Å². The lowest BCUT2D eigenvalue weighted by atomic mass is 9.99. The third kappa shape index (κ3) is 1.14. The van der Waals surface area contributed by atoms with Crippen LogP contribution in [-0.4, -0.2) is 11.9 Å². The molecule has 2 rings (SSSR count). The van der Waals surface area contributed by atoms with Crippen LogP contribution in [0.2, 0.25) is 0 Å². The number of nitrogens with zero attached hydrogens (tertiary/aromatic N) is 1. The molecule has 0 aromatic carbocycles. The third-order valence-corrected chi connectivity index (χ3v) is 1.94. The molecule has 0 amide bonds. The van der Waals surface area contributed by atoms with Gasteiger partial charge in [-0.15, -0.1) is 0 Å². The van der Waals surface area contributed by atoms with Gasteiger partial charge in [-0.25, -0.2) is 0 Å². The van der Waals surface area contributed by atoms with E-state index in [0.29, 0.717) is 0 Å². The fourth-order valence-electron chi connectivity index (χ4n) is 1.35. The van der Waals surface area contributed by atoms with Crippen LogP contribution in [0, 0.1) is 0 Å². The minimum absolute atomic E-state index is 1.07. The molecule has 0 radical (unpaired) electrons. The average Bonchev–Trinajstić information content (AvgIpc) is 2.04. The number of allylic oxidation sites excluding steroid dienone is 6. The first-order chi connectivity index (χ1) is 5.36. The molecular formula is C10H11N. The second-order valence-corrected chi connectivity index (χ2v) is 2.86. The van der Waals surface area contributed by atoms with Crippen molar-refractivity contribution in [2.45, 2.75) is 6.42 Å². The summed E-state index contributed by atoms with van der Waals surface area (Å²) in [5.41, 5.74) is 2.67. The number of fused-ring (bicyclic) bond motifs is 1. The smallest absolute Gasteiger partial charge is 0.0110 e. The minimum Gasteiger partial charge on any atom is -0.357 e. The first kappa shape index (κ1) is 6.47. The van der Waals surface area contributed by atoms with Gasteiger partial charge < -0.3 is 4.90 Å². The van der Waals surface area contributed by atoms with E-state index >= 15 is 0 Å². The van der Waals surface area contributed by atoms with Gasteiger partial charge in [-0.2, -0.15) is 0 Å². The average molecular weight is 145 g/mol. The van der Waals surface area contributed by atoms with Crippen LogP contribution in [0.1, 0.15) is 6.42 Å². The molecule has 56 valence electrons. The first-order valence-corrected chi connectivity index (χ1v) is 3.85. The molecule has 0 atom stereocenters. The van der Waals surface area contributed by atoms with Crippen LogP contribution in [0.15, 0.2) is 47.9 Å². The van der Waals surface area contributed by atoms with Crippen LogP contribution in [0.25, 0.3) is 0 Å². The Balaban J connectivity index is 2.36. The summed E-state index contributed by atoms with van der Waals surface area (Å²) in [5, 5.41) is 0. The summed E-state index contributed by atoms with van der Waals surface area (Å²) in [4.78, 5) is 2.07. The van der Waals surface area contributed by atoms with Gasteiger partial charge in [0.25, 0.3) is 0 Å². The fourth-order valence-corrected chi connectivity index (χ4v) is 1.35. The van der Waals surface area contributed by atoms with E-state index in [4.69, 9.17) is 0 Å². The third-order valence-electron chi connectivity index (χ3n) is 1.94. The quantitative estimate of drug-likeness (QED) is 0.505. The van der Waals surface area contributed by atoms with Gasteiger partial charge >= 0.3 is 0 Å². The van der Waals surface area contributed by atoms with Crippen molar-refractivity contribution >= 4 is 0 Å². The van der Waals surface area contributed by atoms with Gasteiger partial charge in [-0.3, -0.25) is 0 Å². The SMILES string of the molecule is CN1C=CC2=CCC=CC2=C1. The highest BCUT2D eigenvalue weighted by Gasteiger charge is 2.06. The van der Waals surface area contributed by atoms with Crippen LogP contribution < -0.4 is 0 Å². The maximum Gasteiger partial charge on any atom is 0.0110 e. The second-order valence-electron chi connectivity index (χ2n) is 2.86. The predicted octanol–water partition coefficient (Wildman–Crippen LogP) is 2.22. The molecule has 1 aliphatic carbocycles. The van der Waals surface area contributed by atoms with Gasteiger partial charge in [0.05, 0.1) is 0 Å². The maximum absolute atomic E-state index is 2.25. The molecule has 0 spiro atoms. The Morgan fingerprint density at radius 3 is 3.09 bits per heavy atom. The van der Waals surface area contributed by atoms with Crippen molar-refractivity contribution in [2.24, 2.45) is 0 Å². The van der Waals surface area contributed by atoms with E-state index in [1.54, 1.807) is 0 Å². The zero-order valence-electron chi connectivity index (χ0n) is 6.62. The van der Waals surface area contributed by atoms with E-state index in [0.717, 1.165) is 6.42 Å². The van der Waals surface area contributed by atoms with E-state index in [9.17, 15) is 0 Å². The summed E-state index contributed by atoms with van der Waals surface area (Å²) in [5.74, 6) is 0. The van der Waals surface area contributed by atoms with Crippen molar-refractivity contribution < 1.29 is 0 Å². The molecule has 0 unspecified atom stereocenters. The second kappa shape index (κ2) is 2.42. The largest absolute Gasteiger partial charge is 0.357 e. The molecule has 1 nitrogen and oxygen atoms in total. The van der Waals surface area contributed by atoms with Crippen LogP contribution >= 0.6 is 0 Å². The summed E-state index contributed by atoms with van der Waals surface area (Å²) in [6, 6.07) is 0. The van der Waals surface area contributed by atoms with Crippen molar-refractivity contribution in [1.29, 1.82) is 0 Å². The summed E-state index contributed by atoms with van der Waals surface area (Å²) < 4.78 is 0. The van der Waals surface area contributed by atoms with E-state index in [-0.39, 0.29) is 0 Å². The first-order valence-electron chi connectivity index (χ1n) is 3.85. The minimum atomic E-state index is 1.07. The van der Waals surface area contributed by atoms with Gasteiger partial charge in [-0.1, -0.05) is 18.2 Å². The molecule has 11 heavy (non-hydrogen) atoms. The Labute approximate surface area is 67.0 Å². The monoisotopic (exact) mass is 145 g/mol. The number of rotatable bonds is 0. The number of hydrogen-bond acceptors (Lipinski definition) is 1. The summed E-state index contributed by atoms with van der Waals surface area (Å²) >= 11 is 0. The van der Waals surface area contributed by atoms with E-state index in [1.165, 1.54) is 11.1 Å². The Hall–Kier alpha value is -1.24. The molecule has 0 aromatic rings. The highest BCUT2D eigenvalue weighted by Crippen LogP contribution is 2.22. The van der Waals surface area contributed by atoms with Gasteiger partial charge in [0.15, 0.2) is 0 Å². The molecule has 1 heteroatoms. The molecule has 1 heterocycles. The fraction of sp³-hybridized carbons (Fsp3) is 0.200. The van der Waals surface area contributed by atoms with Gasteiger partial charge in [-0.05, 0) is 23.6 Å². The zero-order valence-corrected chi connectivity index (χ0v) is 6.62. The van der Waals surface area contributed by atoms with Crippen LogP contribution in [-0.2, 0) is 0 Å². The van der Waals surface area contributed by atoms with Crippen molar-refractivity contribution in [1.82, 2.24) is 4.90 Å². The highest BCUT2D eigenvalue weighted by molar-refractivity contribution is 5.50. The Morgan fingerprint density at radius 1 is 1.27 bits per heavy atom. The van der Waals surface area contributed by atoms with Crippen LogP contribution in [0.3, 0.4) is 0 Å². The predicted molar refractivity (Wildman–Crippen MR) is 46.8 cm³/mol. The highest BCUT2D eigenvalue weighted by atomic mass is 15.1. The lowest BCUT2D eigenvalue weighted by Crippen LogP contribution is -2.07. The Morgan fingerprint density at radius 2 is 2.18 bits per heavy atom. The van der Waals surface area contributed by atoms with Crippen molar-refractivity contribution in [3.8, 4) is 0 Å². The van der Waals surface area contributed by atoms with Gasteiger partial charge in [0.2, 0.25) is 0 Å². The lowest BCUT2D eigenvalue weighted by Gasteiger charge is -2.18. The summed E-state index contributed by atoms with van der Waals surface area (Å²) in [6.07, 6.45) is 14.0. The van der Waals surface area contributed by atoms with Gasteiger partial charge in [0, 0.05) is 19.4 Å². The molecule has 2 aliphatic rings. The van der Waals surface area contributed by atoms with Crippen molar-refractivity contribution in [3.63, 3.8) is 0 Å². The molecule has 0 saturated heterocycles. The molecule has 0 N–H and O–H groups in total. The normalized spacial score (nSPS) is 21.0. The molecular weight excluding hydrogens is 134 g/mol. The van der Waals surface area contributed by atoms with Crippen LogP contribution in [0.4, 0.5) is 0 Å². The molecule has 0 bridgehead atoms. The lowest BCUT2D eigenvalue weighted by molar-refractivity contribution is 0.615. The number of hydrogen-bond donors (Lipinski definition) is 0. The van der Waals surface area contributed by atoms with Gasteiger partial charge in [0.1, 0.15) is 0 Å². The van der Waals surface area contributed by atoms with Crippen molar-refractivity contribution in [3.05, 3.63) is 47.9 Å². The summed E-state index contributed by atoms with van der Waals surface area (Å²) in [6.45, 7) is 0. The van der Waals surface area contributed by atoms with E-state index in [1.807, 2.05) is 7.05 Å².